The van der Waals surface area contributed by atoms with Crippen LogP contribution in [-0.2, 0) is 6.42 Å². The first kappa shape index (κ1) is 8.37. The summed E-state index contributed by atoms with van der Waals surface area (Å²) in [6, 6.07) is 7.47. The standard InChI is InChI=1S/C9H9N3/c1-2-5-8-6-3-4-7-9(8)11-12-10/h2-4,6-7H,1,5H2. The van der Waals surface area contributed by atoms with Crippen molar-refractivity contribution in [3.8, 4) is 0 Å². The molecule has 0 spiro atoms. The van der Waals surface area contributed by atoms with E-state index in [4.69, 9.17) is 5.53 Å². The van der Waals surface area contributed by atoms with Crippen LogP contribution in [0.3, 0.4) is 0 Å². The summed E-state index contributed by atoms with van der Waals surface area (Å²) < 4.78 is 0. The van der Waals surface area contributed by atoms with Crippen LogP contribution in [0.25, 0.3) is 10.4 Å². The summed E-state index contributed by atoms with van der Waals surface area (Å²) >= 11 is 0. The lowest BCUT2D eigenvalue weighted by Crippen LogP contribution is -1.79. The normalized spacial score (nSPS) is 8.67. The first-order valence-electron chi connectivity index (χ1n) is 3.62. The third-order valence-electron chi connectivity index (χ3n) is 1.51. The van der Waals surface area contributed by atoms with Crippen molar-refractivity contribution in [1.82, 2.24) is 0 Å². The van der Waals surface area contributed by atoms with Gasteiger partial charge in [-0.1, -0.05) is 35.5 Å². The van der Waals surface area contributed by atoms with Crippen LogP contribution in [0.5, 0.6) is 0 Å². The summed E-state index contributed by atoms with van der Waals surface area (Å²) in [7, 11) is 0. The van der Waals surface area contributed by atoms with Crippen molar-refractivity contribution in [2.75, 3.05) is 0 Å². The molecule has 12 heavy (non-hydrogen) atoms. The lowest BCUT2D eigenvalue weighted by Gasteiger charge is -1.99. The highest BCUT2D eigenvalue weighted by atomic mass is 15.1. The predicted octanol–water partition coefficient (Wildman–Crippen LogP) is 3.36. The van der Waals surface area contributed by atoms with E-state index in [-0.39, 0.29) is 0 Å². The average molecular weight is 159 g/mol. The van der Waals surface area contributed by atoms with Crippen molar-refractivity contribution in [3.63, 3.8) is 0 Å². The van der Waals surface area contributed by atoms with Crippen LogP contribution < -0.4 is 0 Å². The maximum Gasteiger partial charge on any atom is 0.0410 e. The Morgan fingerprint density at radius 2 is 2.25 bits per heavy atom. The van der Waals surface area contributed by atoms with Gasteiger partial charge in [-0.25, -0.2) is 0 Å². The minimum absolute atomic E-state index is 0.680. The molecule has 0 N–H and O–H groups in total. The van der Waals surface area contributed by atoms with E-state index >= 15 is 0 Å². The Balaban J connectivity index is 3.07. The summed E-state index contributed by atoms with van der Waals surface area (Å²) in [5.74, 6) is 0. The van der Waals surface area contributed by atoms with E-state index in [2.05, 4.69) is 16.6 Å². The molecule has 3 nitrogen and oxygen atoms in total. The smallest absolute Gasteiger partial charge is 0.0410 e. The van der Waals surface area contributed by atoms with Crippen molar-refractivity contribution in [2.24, 2.45) is 5.11 Å². The number of azide groups is 1. The molecule has 0 amide bonds. The molecule has 0 radical (unpaired) electrons. The average Bonchev–Trinajstić information content (AvgIpc) is 2.09. The number of benzene rings is 1. The van der Waals surface area contributed by atoms with E-state index in [1.165, 1.54) is 0 Å². The van der Waals surface area contributed by atoms with Crippen LogP contribution in [0.1, 0.15) is 5.56 Å². The molecule has 0 aliphatic rings. The number of rotatable bonds is 3. The van der Waals surface area contributed by atoms with Crippen LogP contribution >= 0.6 is 0 Å². The molecule has 0 saturated carbocycles. The van der Waals surface area contributed by atoms with Crippen LogP contribution in [-0.4, -0.2) is 0 Å². The monoisotopic (exact) mass is 159 g/mol. The Kier molecular flexibility index (Phi) is 2.94. The van der Waals surface area contributed by atoms with Gasteiger partial charge in [0.1, 0.15) is 0 Å². The minimum Gasteiger partial charge on any atom is -0.103 e. The Bertz CT molecular complexity index is 324. The summed E-state index contributed by atoms with van der Waals surface area (Å²) in [4.78, 5) is 2.74. The fourth-order valence-electron chi connectivity index (χ4n) is 0.985. The molecule has 0 aliphatic heterocycles. The minimum atomic E-state index is 0.680. The number of hydrogen-bond acceptors (Lipinski definition) is 1. The molecule has 3 heteroatoms. The Morgan fingerprint density at radius 3 is 2.92 bits per heavy atom. The number of hydrogen-bond donors (Lipinski definition) is 0. The van der Waals surface area contributed by atoms with E-state index in [1.54, 1.807) is 12.1 Å². The van der Waals surface area contributed by atoms with Crippen molar-refractivity contribution in [2.45, 2.75) is 6.42 Å². The molecule has 0 bridgehead atoms. The van der Waals surface area contributed by atoms with Gasteiger partial charge < -0.3 is 0 Å². The molecule has 0 aromatic heterocycles. The quantitative estimate of drug-likeness (QED) is 0.281. The second-order valence-electron chi connectivity index (χ2n) is 2.31. The first-order chi connectivity index (χ1) is 5.88. The van der Waals surface area contributed by atoms with Gasteiger partial charge in [-0.3, -0.25) is 0 Å². The van der Waals surface area contributed by atoms with Crippen molar-refractivity contribution in [1.29, 1.82) is 0 Å². The molecule has 0 aliphatic carbocycles. The highest BCUT2D eigenvalue weighted by molar-refractivity contribution is 5.46. The summed E-state index contributed by atoms with van der Waals surface area (Å²) in [5, 5.41) is 3.56. The molecule has 1 aromatic rings. The fourth-order valence-corrected chi connectivity index (χ4v) is 0.985. The van der Waals surface area contributed by atoms with Gasteiger partial charge in [0.2, 0.25) is 0 Å². The molecule has 1 rings (SSSR count). The van der Waals surface area contributed by atoms with Gasteiger partial charge in [-0.15, -0.1) is 6.58 Å². The van der Waals surface area contributed by atoms with Gasteiger partial charge in [0.25, 0.3) is 0 Å². The molecule has 0 atom stereocenters. The van der Waals surface area contributed by atoms with Gasteiger partial charge >= 0.3 is 0 Å². The van der Waals surface area contributed by atoms with Crippen LogP contribution in [0, 0.1) is 0 Å². The van der Waals surface area contributed by atoms with Gasteiger partial charge in [-0.2, -0.15) is 0 Å². The Morgan fingerprint density at radius 1 is 1.50 bits per heavy atom. The van der Waals surface area contributed by atoms with Crippen molar-refractivity contribution in [3.05, 3.63) is 52.9 Å². The number of nitrogens with zero attached hydrogens (tertiary/aromatic N) is 3. The van der Waals surface area contributed by atoms with E-state index < -0.39 is 0 Å². The first-order valence-corrected chi connectivity index (χ1v) is 3.62. The molecule has 0 saturated heterocycles. The molecular weight excluding hydrogens is 150 g/mol. The molecule has 0 fully saturated rings. The van der Waals surface area contributed by atoms with Gasteiger partial charge in [-0.05, 0) is 17.5 Å². The SMILES string of the molecule is C=CCc1ccccc1N=[N+]=[N-]. The third-order valence-corrected chi connectivity index (χ3v) is 1.51. The lowest BCUT2D eigenvalue weighted by molar-refractivity contribution is 1.25. The van der Waals surface area contributed by atoms with Crippen molar-refractivity contribution < 1.29 is 0 Å². The van der Waals surface area contributed by atoms with Gasteiger partial charge in [0, 0.05) is 10.6 Å². The van der Waals surface area contributed by atoms with E-state index in [9.17, 15) is 0 Å². The third kappa shape index (κ3) is 1.87. The maximum absolute atomic E-state index is 8.24. The molecule has 1 aromatic carbocycles. The topological polar surface area (TPSA) is 48.8 Å². The molecule has 0 unspecified atom stereocenters. The second-order valence-corrected chi connectivity index (χ2v) is 2.31. The predicted molar refractivity (Wildman–Crippen MR) is 49.1 cm³/mol. The van der Waals surface area contributed by atoms with Crippen LogP contribution in [0.15, 0.2) is 42.0 Å². The largest absolute Gasteiger partial charge is 0.103 e. The zero-order valence-corrected chi connectivity index (χ0v) is 6.64. The van der Waals surface area contributed by atoms with Gasteiger partial charge in [0.05, 0.1) is 0 Å². The lowest BCUT2D eigenvalue weighted by atomic mass is 10.1. The maximum atomic E-state index is 8.24. The van der Waals surface area contributed by atoms with E-state index in [1.807, 2.05) is 18.2 Å². The molecular formula is C9H9N3. The fraction of sp³-hybridized carbons (Fsp3) is 0.111. The zero-order chi connectivity index (χ0) is 8.81. The summed E-state index contributed by atoms with van der Waals surface area (Å²) in [6.45, 7) is 3.62. The van der Waals surface area contributed by atoms with Gasteiger partial charge in [0.15, 0.2) is 0 Å². The second kappa shape index (κ2) is 4.21. The summed E-state index contributed by atoms with van der Waals surface area (Å²) in [5.41, 5.74) is 9.93. The zero-order valence-electron chi connectivity index (χ0n) is 6.64. The Hall–Kier alpha value is -1.73. The Labute approximate surface area is 71.0 Å². The highest BCUT2D eigenvalue weighted by Crippen LogP contribution is 2.19. The highest BCUT2D eigenvalue weighted by Gasteiger charge is 1.95. The van der Waals surface area contributed by atoms with Crippen LogP contribution in [0.4, 0.5) is 5.69 Å². The summed E-state index contributed by atoms with van der Waals surface area (Å²) in [6.07, 6.45) is 2.51. The van der Waals surface area contributed by atoms with Crippen LogP contribution in [0.2, 0.25) is 0 Å². The van der Waals surface area contributed by atoms with E-state index in [0.717, 1.165) is 12.0 Å². The molecule has 0 heterocycles. The molecule has 60 valence electrons. The number of allylic oxidation sites excluding steroid dienone is 1. The van der Waals surface area contributed by atoms with Crippen molar-refractivity contribution >= 4 is 5.69 Å². The van der Waals surface area contributed by atoms with E-state index in [0.29, 0.717) is 5.69 Å².